The van der Waals surface area contributed by atoms with Gasteiger partial charge in [-0.25, -0.2) is 0 Å². The molecule has 0 spiro atoms. The highest BCUT2D eigenvalue weighted by atomic mass is 32.2. The van der Waals surface area contributed by atoms with Crippen molar-refractivity contribution in [3.8, 4) is 0 Å². The quantitative estimate of drug-likeness (QED) is 0.362. The Morgan fingerprint density at radius 1 is 0.667 bits per heavy atom. The second kappa shape index (κ2) is 8.77. The van der Waals surface area contributed by atoms with E-state index in [2.05, 4.69) is 108 Å². The van der Waals surface area contributed by atoms with Crippen LogP contribution in [0, 0.1) is 0 Å². The summed E-state index contributed by atoms with van der Waals surface area (Å²) in [7, 11) is 0. The number of benzene rings is 3. The van der Waals surface area contributed by atoms with Crippen molar-refractivity contribution < 1.29 is 0 Å². The Morgan fingerprint density at radius 3 is 1.48 bits per heavy atom. The summed E-state index contributed by atoms with van der Waals surface area (Å²) in [5.74, 6) is 1.15. The van der Waals surface area contributed by atoms with Gasteiger partial charge in [0.05, 0.1) is 4.75 Å². The molecular formula is C25H27NS. The summed E-state index contributed by atoms with van der Waals surface area (Å²) in [6.45, 7) is 3.79. The van der Waals surface area contributed by atoms with Crippen LogP contribution in [-0.2, 0) is 4.75 Å². The number of nitrogens with zero attached hydrogens (tertiary/aromatic N) is 1. The molecule has 0 bridgehead atoms. The highest BCUT2D eigenvalue weighted by Crippen LogP contribution is 2.48. The maximum absolute atomic E-state index is 2.57. The van der Waals surface area contributed by atoms with E-state index in [1.54, 1.807) is 0 Å². The SMILES string of the molecule is c1ccc(C(SCCCN2CCC2)(c2ccccc2)c2ccccc2)cc1. The third-order valence-corrected chi connectivity index (χ3v) is 7.06. The molecular weight excluding hydrogens is 346 g/mol. The average Bonchev–Trinajstić information content (AvgIpc) is 2.71. The molecule has 0 saturated carbocycles. The molecule has 1 nitrogen and oxygen atoms in total. The van der Waals surface area contributed by atoms with Gasteiger partial charge in [-0.05, 0) is 54.9 Å². The third kappa shape index (κ3) is 3.97. The average molecular weight is 374 g/mol. The Morgan fingerprint density at radius 2 is 1.11 bits per heavy atom. The summed E-state index contributed by atoms with van der Waals surface area (Å²) in [6.07, 6.45) is 2.61. The summed E-state index contributed by atoms with van der Waals surface area (Å²) in [4.78, 5) is 2.57. The fraction of sp³-hybridized carbons (Fsp3) is 0.280. The monoisotopic (exact) mass is 373 g/mol. The van der Waals surface area contributed by atoms with Crippen LogP contribution in [0.5, 0.6) is 0 Å². The first-order chi connectivity index (χ1) is 13.4. The number of rotatable bonds is 8. The van der Waals surface area contributed by atoms with Crippen molar-refractivity contribution in [3.63, 3.8) is 0 Å². The second-order valence-corrected chi connectivity index (χ2v) is 8.49. The topological polar surface area (TPSA) is 3.24 Å². The number of thioether (sulfide) groups is 1. The van der Waals surface area contributed by atoms with Crippen LogP contribution in [0.4, 0.5) is 0 Å². The van der Waals surface area contributed by atoms with E-state index in [4.69, 9.17) is 0 Å². The van der Waals surface area contributed by atoms with Gasteiger partial charge in [0, 0.05) is 0 Å². The van der Waals surface area contributed by atoms with Gasteiger partial charge >= 0.3 is 0 Å². The van der Waals surface area contributed by atoms with E-state index in [1.165, 1.54) is 49.2 Å². The van der Waals surface area contributed by atoms with Gasteiger partial charge in [0.15, 0.2) is 0 Å². The third-order valence-electron chi connectivity index (χ3n) is 5.43. The molecule has 138 valence electrons. The molecule has 0 amide bonds. The lowest BCUT2D eigenvalue weighted by Crippen LogP contribution is -2.38. The molecule has 0 aromatic heterocycles. The van der Waals surface area contributed by atoms with Crippen LogP contribution in [0.2, 0.25) is 0 Å². The van der Waals surface area contributed by atoms with Gasteiger partial charge in [0.2, 0.25) is 0 Å². The Hall–Kier alpha value is -2.03. The lowest BCUT2D eigenvalue weighted by Gasteiger charge is -2.36. The molecule has 4 rings (SSSR count). The van der Waals surface area contributed by atoms with Gasteiger partial charge in [-0.1, -0.05) is 91.0 Å². The van der Waals surface area contributed by atoms with Crippen molar-refractivity contribution in [2.75, 3.05) is 25.4 Å². The van der Waals surface area contributed by atoms with Crippen molar-refractivity contribution in [1.29, 1.82) is 0 Å². The Bertz CT molecular complexity index is 716. The molecule has 0 unspecified atom stereocenters. The van der Waals surface area contributed by atoms with Crippen molar-refractivity contribution in [1.82, 2.24) is 4.90 Å². The van der Waals surface area contributed by atoms with Crippen LogP contribution < -0.4 is 0 Å². The number of likely N-dealkylation sites (tertiary alicyclic amines) is 1. The summed E-state index contributed by atoms with van der Waals surface area (Å²) in [6, 6.07) is 33.0. The first kappa shape index (κ1) is 18.3. The van der Waals surface area contributed by atoms with Crippen LogP contribution in [0.25, 0.3) is 0 Å². The maximum atomic E-state index is 2.57. The first-order valence-corrected chi connectivity index (χ1v) is 10.9. The molecule has 1 fully saturated rings. The summed E-state index contributed by atoms with van der Waals surface area (Å²) in [5.41, 5.74) is 4.07. The maximum Gasteiger partial charge on any atom is 0.0906 e. The van der Waals surface area contributed by atoms with Crippen LogP contribution >= 0.6 is 11.8 Å². The minimum atomic E-state index is -0.168. The lowest BCUT2D eigenvalue weighted by atomic mass is 9.84. The Balaban J connectivity index is 1.71. The minimum Gasteiger partial charge on any atom is -0.303 e. The van der Waals surface area contributed by atoms with Gasteiger partial charge < -0.3 is 4.90 Å². The van der Waals surface area contributed by atoms with E-state index in [9.17, 15) is 0 Å². The molecule has 27 heavy (non-hydrogen) atoms. The fourth-order valence-electron chi connectivity index (χ4n) is 3.89. The number of hydrogen-bond donors (Lipinski definition) is 0. The molecule has 1 aliphatic rings. The van der Waals surface area contributed by atoms with E-state index in [-0.39, 0.29) is 4.75 Å². The highest BCUT2D eigenvalue weighted by molar-refractivity contribution is 8.00. The van der Waals surface area contributed by atoms with E-state index in [0.29, 0.717) is 0 Å². The number of hydrogen-bond acceptors (Lipinski definition) is 2. The van der Waals surface area contributed by atoms with E-state index < -0.39 is 0 Å². The first-order valence-electron chi connectivity index (χ1n) is 9.92. The van der Waals surface area contributed by atoms with Crippen molar-refractivity contribution in [2.45, 2.75) is 17.6 Å². The molecule has 0 radical (unpaired) electrons. The molecule has 3 aromatic carbocycles. The molecule has 0 atom stereocenters. The van der Waals surface area contributed by atoms with Crippen LogP contribution in [0.3, 0.4) is 0 Å². The Labute approximate surface area is 167 Å². The summed E-state index contributed by atoms with van der Waals surface area (Å²) >= 11 is 2.08. The van der Waals surface area contributed by atoms with Gasteiger partial charge in [-0.2, -0.15) is 0 Å². The van der Waals surface area contributed by atoms with E-state index in [1.807, 2.05) is 0 Å². The van der Waals surface area contributed by atoms with Crippen molar-refractivity contribution in [3.05, 3.63) is 108 Å². The normalized spacial score (nSPS) is 14.7. The molecule has 1 aliphatic heterocycles. The van der Waals surface area contributed by atoms with E-state index in [0.717, 1.165) is 5.75 Å². The molecule has 2 heteroatoms. The standard InChI is InChI=1S/C25H27NS/c1-4-12-22(13-5-1)25(23-14-6-2-7-15-23,24-16-8-3-9-17-24)27-21-11-20-26-18-10-19-26/h1-9,12-17H,10-11,18-21H2. The Kier molecular flexibility index (Phi) is 5.96. The zero-order chi connectivity index (χ0) is 18.4. The van der Waals surface area contributed by atoms with Gasteiger partial charge in [0.1, 0.15) is 0 Å². The zero-order valence-electron chi connectivity index (χ0n) is 15.8. The van der Waals surface area contributed by atoms with Gasteiger partial charge in [-0.3, -0.25) is 0 Å². The predicted molar refractivity (Wildman–Crippen MR) is 117 cm³/mol. The fourth-order valence-corrected chi connectivity index (χ4v) is 5.38. The molecule has 3 aromatic rings. The van der Waals surface area contributed by atoms with Crippen molar-refractivity contribution in [2.24, 2.45) is 0 Å². The summed E-state index contributed by atoms with van der Waals surface area (Å²) in [5, 5.41) is 0. The molecule has 0 N–H and O–H groups in total. The second-order valence-electron chi connectivity index (χ2n) is 7.18. The predicted octanol–water partition coefficient (Wildman–Crippen LogP) is 5.81. The summed E-state index contributed by atoms with van der Waals surface area (Å²) < 4.78 is -0.168. The minimum absolute atomic E-state index is 0.168. The van der Waals surface area contributed by atoms with Crippen LogP contribution in [0.1, 0.15) is 29.5 Å². The largest absolute Gasteiger partial charge is 0.303 e. The van der Waals surface area contributed by atoms with Crippen molar-refractivity contribution >= 4 is 11.8 Å². The van der Waals surface area contributed by atoms with Gasteiger partial charge in [0.25, 0.3) is 0 Å². The zero-order valence-corrected chi connectivity index (χ0v) is 16.6. The van der Waals surface area contributed by atoms with Crippen LogP contribution in [-0.4, -0.2) is 30.3 Å². The molecule has 0 aliphatic carbocycles. The van der Waals surface area contributed by atoms with Gasteiger partial charge in [-0.15, -0.1) is 11.8 Å². The highest BCUT2D eigenvalue weighted by Gasteiger charge is 2.36. The smallest absolute Gasteiger partial charge is 0.0906 e. The lowest BCUT2D eigenvalue weighted by molar-refractivity contribution is 0.182. The van der Waals surface area contributed by atoms with E-state index >= 15 is 0 Å². The van der Waals surface area contributed by atoms with Crippen LogP contribution in [0.15, 0.2) is 91.0 Å². The molecule has 1 heterocycles. The molecule has 1 saturated heterocycles.